The number of rotatable bonds is 5. The van der Waals surface area contributed by atoms with Crippen molar-refractivity contribution >= 4 is 11.6 Å². The largest absolute Gasteiger partial charge is 0.389 e. The van der Waals surface area contributed by atoms with E-state index in [1.807, 2.05) is 0 Å². The molecule has 1 amide bonds. The minimum absolute atomic E-state index is 0.100. The summed E-state index contributed by atoms with van der Waals surface area (Å²) in [5.74, 6) is -0.496. The lowest BCUT2D eigenvalue weighted by molar-refractivity contribution is -0.120. The zero-order chi connectivity index (χ0) is 13.7. The molecule has 100 valence electrons. The molecule has 1 unspecified atom stereocenters. The molecule has 0 bridgehead atoms. The molecule has 0 saturated carbocycles. The molecular weight excluding hydrogens is 235 g/mol. The predicted molar refractivity (Wildman–Crippen MR) is 69.0 cm³/mol. The highest BCUT2D eigenvalue weighted by Crippen LogP contribution is 2.28. The Kier molecular flexibility index (Phi) is 5.09. The lowest BCUT2D eigenvalue weighted by Gasteiger charge is -2.23. The first-order valence-corrected chi connectivity index (χ1v) is 5.85. The van der Waals surface area contributed by atoms with Gasteiger partial charge >= 0.3 is 0 Å². The molecule has 18 heavy (non-hydrogen) atoms. The smallest absolute Gasteiger partial charge is 0.221 e. The van der Waals surface area contributed by atoms with Gasteiger partial charge in [0.2, 0.25) is 5.91 Å². The van der Waals surface area contributed by atoms with E-state index in [0.717, 1.165) is 0 Å². The number of aliphatic hydroxyl groups is 1. The van der Waals surface area contributed by atoms with Gasteiger partial charge in [0.1, 0.15) is 5.82 Å². The van der Waals surface area contributed by atoms with E-state index in [-0.39, 0.29) is 12.3 Å². The summed E-state index contributed by atoms with van der Waals surface area (Å²) in [5.41, 5.74) is 0.866. The van der Waals surface area contributed by atoms with Crippen molar-refractivity contribution in [1.29, 1.82) is 0 Å². The molecule has 4 nitrogen and oxygen atoms in total. The second-order valence-electron chi connectivity index (χ2n) is 4.20. The van der Waals surface area contributed by atoms with Gasteiger partial charge in [0.05, 0.1) is 11.8 Å². The molecule has 1 aromatic carbocycles. The number of carbonyl (C=O) groups is 1. The van der Waals surface area contributed by atoms with Gasteiger partial charge in [0.15, 0.2) is 0 Å². The van der Waals surface area contributed by atoms with Crippen LogP contribution in [0.15, 0.2) is 18.2 Å². The summed E-state index contributed by atoms with van der Waals surface area (Å²) < 4.78 is 13.8. The summed E-state index contributed by atoms with van der Waals surface area (Å²) in [6, 6.07) is 4.59. The third kappa shape index (κ3) is 3.43. The van der Waals surface area contributed by atoms with Gasteiger partial charge < -0.3 is 15.3 Å². The number of para-hydroxylation sites is 1. The SMILES string of the molecule is CNC(=O)CCN(C)c1c(F)cccc1C(C)O. The van der Waals surface area contributed by atoms with Crippen LogP contribution in [0.3, 0.4) is 0 Å². The fourth-order valence-electron chi connectivity index (χ4n) is 1.78. The Bertz CT molecular complexity index is 421. The number of nitrogens with one attached hydrogen (secondary N) is 1. The predicted octanol–water partition coefficient (Wildman–Crippen LogP) is 1.45. The molecular formula is C13H19FN2O2. The molecule has 0 saturated heterocycles. The first-order chi connectivity index (χ1) is 8.47. The van der Waals surface area contributed by atoms with Crippen molar-refractivity contribution in [3.05, 3.63) is 29.6 Å². The Balaban J connectivity index is 2.90. The zero-order valence-corrected chi connectivity index (χ0v) is 10.9. The van der Waals surface area contributed by atoms with Crippen molar-refractivity contribution in [3.63, 3.8) is 0 Å². The molecule has 0 aliphatic heterocycles. The maximum Gasteiger partial charge on any atom is 0.221 e. The maximum absolute atomic E-state index is 13.8. The highest BCUT2D eigenvalue weighted by atomic mass is 19.1. The summed E-state index contributed by atoms with van der Waals surface area (Å²) in [6.07, 6.45) is -0.473. The number of benzene rings is 1. The van der Waals surface area contributed by atoms with Crippen LogP contribution in [0.25, 0.3) is 0 Å². The molecule has 0 spiro atoms. The fraction of sp³-hybridized carbons (Fsp3) is 0.462. The van der Waals surface area contributed by atoms with Gasteiger partial charge in [0.25, 0.3) is 0 Å². The molecule has 5 heteroatoms. The van der Waals surface area contributed by atoms with E-state index in [9.17, 15) is 14.3 Å². The van der Waals surface area contributed by atoms with Crippen molar-refractivity contribution in [2.75, 3.05) is 25.5 Å². The summed E-state index contributed by atoms with van der Waals surface area (Å²) >= 11 is 0. The van der Waals surface area contributed by atoms with E-state index in [0.29, 0.717) is 17.8 Å². The molecule has 1 aromatic rings. The van der Waals surface area contributed by atoms with Crippen molar-refractivity contribution < 1.29 is 14.3 Å². The van der Waals surface area contributed by atoms with Gasteiger partial charge in [-0.3, -0.25) is 4.79 Å². The molecule has 0 heterocycles. The van der Waals surface area contributed by atoms with Crippen LogP contribution in [0.1, 0.15) is 25.0 Å². The van der Waals surface area contributed by atoms with Crippen LogP contribution in [-0.4, -0.2) is 31.7 Å². The summed E-state index contributed by atoms with van der Waals surface area (Å²) in [6.45, 7) is 1.98. The number of halogens is 1. The van der Waals surface area contributed by atoms with Gasteiger partial charge in [-0.05, 0) is 13.0 Å². The fourth-order valence-corrected chi connectivity index (χ4v) is 1.78. The second-order valence-corrected chi connectivity index (χ2v) is 4.20. The molecule has 2 N–H and O–H groups in total. The van der Waals surface area contributed by atoms with Gasteiger partial charge in [-0.2, -0.15) is 0 Å². The van der Waals surface area contributed by atoms with Crippen LogP contribution in [0.2, 0.25) is 0 Å². The number of amides is 1. The first kappa shape index (κ1) is 14.4. The van der Waals surface area contributed by atoms with Crippen LogP contribution in [0, 0.1) is 5.82 Å². The minimum Gasteiger partial charge on any atom is -0.389 e. The van der Waals surface area contributed by atoms with Crippen molar-refractivity contribution in [2.24, 2.45) is 0 Å². The van der Waals surface area contributed by atoms with Gasteiger partial charge in [-0.25, -0.2) is 4.39 Å². The summed E-state index contributed by atoms with van der Waals surface area (Å²) in [7, 11) is 3.26. The average Bonchev–Trinajstić information content (AvgIpc) is 2.34. The molecule has 0 radical (unpaired) electrons. The van der Waals surface area contributed by atoms with Crippen LogP contribution < -0.4 is 10.2 Å². The van der Waals surface area contributed by atoms with Crippen molar-refractivity contribution in [2.45, 2.75) is 19.4 Å². The number of anilines is 1. The molecule has 1 rings (SSSR count). The number of hydrogen-bond acceptors (Lipinski definition) is 3. The van der Waals surface area contributed by atoms with E-state index in [1.165, 1.54) is 6.07 Å². The monoisotopic (exact) mass is 254 g/mol. The van der Waals surface area contributed by atoms with Crippen LogP contribution in [0.4, 0.5) is 10.1 Å². The first-order valence-electron chi connectivity index (χ1n) is 5.85. The highest BCUT2D eigenvalue weighted by molar-refractivity contribution is 5.76. The quantitative estimate of drug-likeness (QED) is 0.836. The number of aliphatic hydroxyl groups excluding tert-OH is 1. The topological polar surface area (TPSA) is 52.6 Å². The molecule has 1 atom stereocenters. The number of nitrogens with zero attached hydrogens (tertiary/aromatic N) is 1. The second kappa shape index (κ2) is 6.35. The van der Waals surface area contributed by atoms with E-state index in [4.69, 9.17) is 0 Å². The Morgan fingerprint density at radius 1 is 1.56 bits per heavy atom. The lowest BCUT2D eigenvalue weighted by Crippen LogP contribution is -2.27. The van der Waals surface area contributed by atoms with E-state index in [2.05, 4.69) is 5.32 Å². The van der Waals surface area contributed by atoms with Gasteiger partial charge in [-0.1, -0.05) is 12.1 Å². The zero-order valence-electron chi connectivity index (χ0n) is 10.9. The molecule has 0 aromatic heterocycles. The summed E-state index contributed by atoms with van der Waals surface area (Å²) in [5, 5.41) is 12.1. The summed E-state index contributed by atoms with van der Waals surface area (Å²) in [4.78, 5) is 12.8. The number of carbonyl (C=O) groups excluding carboxylic acids is 1. The standard InChI is InChI=1S/C13H19FN2O2/c1-9(17)10-5-4-6-11(14)13(10)16(3)8-7-12(18)15-2/h4-6,9,17H,7-8H2,1-3H3,(H,15,18). The van der Waals surface area contributed by atoms with E-state index in [1.54, 1.807) is 38.1 Å². The van der Waals surface area contributed by atoms with E-state index < -0.39 is 11.9 Å². The van der Waals surface area contributed by atoms with Crippen molar-refractivity contribution in [1.82, 2.24) is 5.32 Å². The van der Waals surface area contributed by atoms with Crippen LogP contribution in [0.5, 0.6) is 0 Å². The van der Waals surface area contributed by atoms with Crippen molar-refractivity contribution in [3.8, 4) is 0 Å². The lowest BCUT2D eigenvalue weighted by atomic mass is 10.1. The third-order valence-electron chi connectivity index (χ3n) is 2.80. The molecule has 0 aliphatic rings. The average molecular weight is 254 g/mol. The Morgan fingerprint density at radius 3 is 2.78 bits per heavy atom. The van der Waals surface area contributed by atoms with Gasteiger partial charge in [-0.15, -0.1) is 0 Å². The minimum atomic E-state index is -0.752. The molecule has 0 fully saturated rings. The van der Waals surface area contributed by atoms with Gasteiger partial charge in [0, 0.05) is 32.6 Å². The Labute approximate surface area is 106 Å². The number of hydrogen-bond donors (Lipinski definition) is 2. The Hall–Kier alpha value is -1.62. The maximum atomic E-state index is 13.8. The van der Waals surface area contributed by atoms with Crippen LogP contribution >= 0.6 is 0 Å². The third-order valence-corrected chi connectivity index (χ3v) is 2.80. The van der Waals surface area contributed by atoms with Crippen LogP contribution in [-0.2, 0) is 4.79 Å². The molecule has 0 aliphatic carbocycles. The normalized spacial score (nSPS) is 12.1. The highest BCUT2D eigenvalue weighted by Gasteiger charge is 2.16. The Morgan fingerprint density at radius 2 is 2.22 bits per heavy atom. The van der Waals surface area contributed by atoms with E-state index >= 15 is 0 Å².